The first-order valence-corrected chi connectivity index (χ1v) is 10.7. The van der Waals surface area contributed by atoms with Gasteiger partial charge < -0.3 is 4.90 Å². The van der Waals surface area contributed by atoms with E-state index in [1.54, 1.807) is 0 Å². The van der Waals surface area contributed by atoms with E-state index in [-0.39, 0.29) is 0 Å². The van der Waals surface area contributed by atoms with Gasteiger partial charge in [0, 0.05) is 11.3 Å². The summed E-state index contributed by atoms with van der Waals surface area (Å²) in [6, 6.07) is 36.8. The Hall–Kier alpha value is -3.23. The highest BCUT2D eigenvalue weighted by molar-refractivity contribution is 7.81. The SMILES string of the molecule is Cc1ccc(C2(c3ccc(C)cc3)c3ccccc3C(=S)N2c2ccccc2)cc1. The molecular weight excluding hydrogens is 382 g/mol. The molecule has 4 aromatic carbocycles. The quantitative estimate of drug-likeness (QED) is 0.345. The van der Waals surface area contributed by atoms with Gasteiger partial charge in [-0.25, -0.2) is 0 Å². The summed E-state index contributed by atoms with van der Waals surface area (Å²) in [5.41, 5.74) is 7.86. The molecule has 0 spiro atoms. The van der Waals surface area contributed by atoms with Crippen LogP contribution < -0.4 is 4.90 Å². The summed E-state index contributed by atoms with van der Waals surface area (Å²) in [5, 5.41) is 0. The highest BCUT2D eigenvalue weighted by Crippen LogP contribution is 2.51. The van der Waals surface area contributed by atoms with Gasteiger partial charge in [0.05, 0.1) is 0 Å². The van der Waals surface area contributed by atoms with Gasteiger partial charge in [-0.2, -0.15) is 0 Å². The van der Waals surface area contributed by atoms with E-state index in [2.05, 4.69) is 122 Å². The largest absolute Gasteiger partial charge is 0.314 e. The van der Waals surface area contributed by atoms with Crippen LogP contribution in [0, 0.1) is 13.8 Å². The van der Waals surface area contributed by atoms with Crippen molar-refractivity contribution < 1.29 is 0 Å². The lowest BCUT2D eigenvalue weighted by molar-refractivity contribution is 0.663. The van der Waals surface area contributed by atoms with Gasteiger partial charge in [-0.3, -0.25) is 0 Å². The number of hydrogen-bond donors (Lipinski definition) is 0. The van der Waals surface area contributed by atoms with Crippen LogP contribution in [0.15, 0.2) is 103 Å². The number of para-hydroxylation sites is 1. The van der Waals surface area contributed by atoms with E-state index in [1.165, 1.54) is 27.8 Å². The van der Waals surface area contributed by atoms with Gasteiger partial charge in [0.15, 0.2) is 0 Å². The van der Waals surface area contributed by atoms with Crippen molar-refractivity contribution in [2.75, 3.05) is 4.90 Å². The Bertz CT molecular complexity index is 1160. The molecule has 1 aliphatic rings. The maximum absolute atomic E-state index is 6.10. The number of benzene rings is 4. The van der Waals surface area contributed by atoms with E-state index in [9.17, 15) is 0 Å². The zero-order valence-corrected chi connectivity index (χ0v) is 18.0. The highest BCUT2D eigenvalue weighted by atomic mass is 32.1. The van der Waals surface area contributed by atoms with Crippen LogP contribution in [0.2, 0.25) is 0 Å². The third kappa shape index (κ3) is 2.72. The van der Waals surface area contributed by atoms with E-state index in [4.69, 9.17) is 12.2 Å². The fraction of sp³-hybridized carbons (Fsp3) is 0.107. The average molecular weight is 406 g/mol. The molecule has 1 nitrogen and oxygen atoms in total. The van der Waals surface area contributed by atoms with Crippen molar-refractivity contribution >= 4 is 22.9 Å². The van der Waals surface area contributed by atoms with Gasteiger partial charge in [-0.1, -0.05) is 114 Å². The maximum Gasteiger partial charge on any atom is 0.122 e. The predicted molar refractivity (Wildman–Crippen MR) is 129 cm³/mol. The lowest BCUT2D eigenvalue weighted by atomic mass is 9.76. The van der Waals surface area contributed by atoms with Gasteiger partial charge in [-0.05, 0) is 42.7 Å². The van der Waals surface area contributed by atoms with E-state index >= 15 is 0 Å². The monoisotopic (exact) mass is 405 g/mol. The summed E-state index contributed by atoms with van der Waals surface area (Å²) >= 11 is 6.10. The topological polar surface area (TPSA) is 3.24 Å². The van der Waals surface area contributed by atoms with Crippen molar-refractivity contribution in [3.63, 3.8) is 0 Å². The molecule has 146 valence electrons. The summed E-state index contributed by atoms with van der Waals surface area (Å²) in [6.45, 7) is 4.26. The normalized spacial score (nSPS) is 14.6. The molecule has 0 bridgehead atoms. The first-order valence-electron chi connectivity index (χ1n) is 10.3. The third-order valence-electron chi connectivity index (χ3n) is 6.04. The second-order valence-electron chi connectivity index (χ2n) is 7.96. The van der Waals surface area contributed by atoms with Crippen molar-refractivity contribution in [1.82, 2.24) is 0 Å². The van der Waals surface area contributed by atoms with Crippen molar-refractivity contribution in [3.8, 4) is 0 Å². The van der Waals surface area contributed by atoms with Crippen LogP contribution in [-0.2, 0) is 5.54 Å². The van der Waals surface area contributed by atoms with Crippen LogP contribution in [0.3, 0.4) is 0 Å². The van der Waals surface area contributed by atoms with E-state index in [1.807, 2.05) is 0 Å². The average Bonchev–Trinajstić information content (AvgIpc) is 3.05. The molecule has 0 N–H and O–H groups in total. The summed E-state index contributed by atoms with van der Waals surface area (Å²) in [6.07, 6.45) is 0. The number of aryl methyl sites for hydroxylation is 2. The maximum atomic E-state index is 6.10. The molecule has 2 heteroatoms. The van der Waals surface area contributed by atoms with Crippen LogP contribution in [0.25, 0.3) is 0 Å². The van der Waals surface area contributed by atoms with E-state index < -0.39 is 5.54 Å². The Morgan fingerprint density at radius 3 is 1.67 bits per heavy atom. The van der Waals surface area contributed by atoms with Gasteiger partial charge in [0.2, 0.25) is 0 Å². The van der Waals surface area contributed by atoms with E-state index in [0.29, 0.717) is 0 Å². The zero-order valence-electron chi connectivity index (χ0n) is 17.2. The fourth-order valence-corrected chi connectivity index (χ4v) is 5.01. The molecule has 4 aromatic rings. The summed E-state index contributed by atoms with van der Waals surface area (Å²) in [7, 11) is 0. The van der Waals surface area contributed by atoms with E-state index in [0.717, 1.165) is 16.2 Å². The molecule has 0 atom stereocenters. The minimum atomic E-state index is -0.517. The minimum absolute atomic E-state index is 0.517. The minimum Gasteiger partial charge on any atom is -0.314 e. The molecule has 0 unspecified atom stereocenters. The zero-order chi connectivity index (χ0) is 20.7. The van der Waals surface area contributed by atoms with Crippen molar-refractivity contribution in [2.24, 2.45) is 0 Å². The smallest absolute Gasteiger partial charge is 0.122 e. The Balaban J connectivity index is 1.91. The Morgan fingerprint density at radius 1 is 0.600 bits per heavy atom. The molecule has 0 amide bonds. The molecule has 30 heavy (non-hydrogen) atoms. The Morgan fingerprint density at radius 2 is 1.10 bits per heavy atom. The highest BCUT2D eigenvalue weighted by Gasteiger charge is 2.50. The molecule has 0 fully saturated rings. The second kappa shape index (κ2) is 7.23. The molecule has 0 aliphatic carbocycles. The standard InChI is InChI=1S/C28H23NS/c1-20-12-16-22(17-13-20)28(23-18-14-21(2)15-19-23)26-11-7-6-10-25(26)27(30)29(28)24-8-4-3-5-9-24/h3-19H,1-2H3. The lowest BCUT2D eigenvalue weighted by Gasteiger charge is -2.41. The van der Waals surface area contributed by atoms with Crippen LogP contribution >= 0.6 is 12.2 Å². The van der Waals surface area contributed by atoms with Gasteiger partial charge in [-0.15, -0.1) is 0 Å². The van der Waals surface area contributed by atoms with Crippen LogP contribution in [0.1, 0.15) is 33.4 Å². The van der Waals surface area contributed by atoms with Crippen molar-refractivity contribution in [1.29, 1.82) is 0 Å². The number of fused-ring (bicyclic) bond motifs is 1. The number of nitrogens with zero attached hydrogens (tertiary/aromatic N) is 1. The Kier molecular flexibility index (Phi) is 4.52. The molecule has 1 heterocycles. The van der Waals surface area contributed by atoms with Gasteiger partial charge in [0.25, 0.3) is 0 Å². The van der Waals surface area contributed by atoms with Crippen LogP contribution in [0.4, 0.5) is 5.69 Å². The lowest BCUT2D eigenvalue weighted by Crippen LogP contribution is -2.45. The number of thiocarbonyl (C=S) groups is 1. The van der Waals surface area contributed by atoms with Gasteiger partial charge in [0.1, 0.15) is 10.5 Å². The van der Waals surface area contributed by atoms with Crippen molar-refractivity contribution in [2.45, 2.75) is 19.4 Å². The molecule has 1 aliphatic heterocycles. The molecule has 5 rings (SSSR count). The first kappa shape index (κ1) is 18.8. The third-order valence-corrected chi connectivity index (χ3v) is 6.44. The summed E-state index contributed by atoms with van der Waals surface area (Å²) in [5.74, 6) is 0. The molecular formula is C28H23NS. The molecule has 0 aromatic heterocycles. The first-order chi connectivity index (χ1) is 14.6. The van der Waals surface area contributed by atoms with Crippen LogP contribution in [-0.4, -0.2) is 4.99 Å². The predicted octanol–water partition coefficient (Wildman–Crippen LogP) is 6.79. The Labute approximate surface area is 183 Å². The number of hydrogen-bond acceptors (Lipinski definition) is 1. The summed E-state index contributed by atoms with van der Waals surface area (Å²) in [4.78, 5) is 3.19. The molecule has 0 radical (unpaired) electrons. The molecule has 0 saturated carbocycles. The summed E-state index contributed by atoms with van der Waals surface area (Å²) < 4.78 is 0. The number of rotatable bonds is 3. The van der Waals surface area contributed by atoms with Gasteiger partial charge >= 0.3 is 0 Å². The van der Waals surface area contributed by atoms with Crippen LogP contribution in [0.5, 0.6) is 0 Å². The molecule has 0 saturated heterocycles. The second-order valence-corrected chi connectivity index (χ2v) is 8.35. The fourth-order valence-electron chi connectivity index (χ4n) is 4.59. The number of anilines is 1. The van der Waals surface area contributed by atoms with Crippen molar-refractivity contribution in [3.05, 3.63) is 137 Å².